The monoisotopic (exact) mass is 618 g/mol. The van der Waals surface area contributed by atoms with Gasteiger partial charge in [-0.15, -0.1) is 0 Å². The molecule has 3 unspecified atom stereocenters. The van der Waals surface area contributed by atoms with Crippen LogP contribution in [-0.4, -0.2) is 36.0 Å². The van der Waals surface area contributed by atoms with Gasteiger partial charge in [0.25, 0.3) is 5.92 Å². The molecule has 0 radical (unpaired) electrons. The first-order valence-electron chi connectivity index (χ1n) is 15.0. The number of rotatable bonds is 14. The van der Waals surface area contributed by atoms with Crippen molar-refractivity contribution in [2.24, 2.45) is 11.8 Å². The van der Waals surface area contributed by atoms with Crippen molar-refractivity contribution < 1.29 is 33.0 Å². The number of carbonyl (C=O) groups excluding carboxylic acids is 2. The molecule has 3 atom stereocenters. The molecule has 1 aliphatic rings. The Morgan fingerprint density at radius 1 is 1.05 bits per heavy atom. The van der Waals surface area contributed by atoms with Gasteiger partial charge in [0.05, 0.1) is 5.70 Å². The molecule has 9 nitrogen and oxygen atoms in total. The highest BCUT2D eigenvalue weighted by Crippen LogP contribution is 2.55. The van der Waals surface area contributed by atoms with E-state index in [-0.39, 0.29) is 5.70 Å². The highest BCUT2D eigenvalue weighted by atomic mass is 19.3. The van der Waals surface area contributed by atoms with Crippen LogP contribution in [0.15, 0.2) is 70.7 Å². The van der Waals surface area contributed by atoms with Gasteiger partial charge in [-0.2, -0.15) is 0 Å². The number of amides is 2. The molecular weight excluding hydrogens is 570 g/mol. The molecule has 0 saturated heterocycles. The first-order valence-corrected chi connectivity index (χ1v) is 15.0. The maximum atomic E-state index is 14.0. The van der Waals surface area contributed by atoms with Crippen LogP contribution in [0.2, 0.25) is 0 Å². The van der Waals surface area contributed by atoms with Crippen LogP contribution in [0.1, 0.15) is 85.0 Å². The van der Waals surface area contributed by atoms with Gasteiger partial charge in [-0.1, -0.05) is 70.5 Å². The first kappa shape index (κ1) is 38.0. The number of alkyl carbamates (subject to hydrolysis) is 1. The molecule has 0 bridgehead atoms. The van der Waals surface area contributed by atoms with Crippen molar-refractivity contribution in [1.29, 1.82) is 0 Å². The van der Waals surface area contributed by atoms with Gasteiger partial charge in [-0.25, -0.2) is 19.0 Å². The Bertz CT molecular complexity index is 1290. The van der Waals surface area contributed by atoms with Crippen LogP contribution >= 0.6 is 0 Å². The summed E-state index contributed by atoms with van der Waals surface area (Å²) in [7, 11) is 1.67. The summed E-state index contributed by atoms with van der Waals surface area (Å²) in [5, 5.41) is 14.4. The summed E-state index contributed by atoms with van der Waals surface area (Å²) in [6.07, 6.45) is 5.77. The van der Waals surface area contributed by atoms with Gasteiger partial charge in [0.2, 0.25) is 5.91 Å². The van der Waals surface area contributed by atoms with E-state index in [1.165, 1.54) is 0 Å². The van der Waals surface area contributed by atoms with Crippen LogP contribution < -0.4 is 21.5 Å². The number of nitrogens with one attached hydrogen (secondary N) is 4. The van der Waals surface area contributed by atoms with Crippen molar-refractivity contribution in [2.45, 2.75) is 86.7 Å². The third-order valence-corrected chi connectivity index (χ3v) is 6.90. The van der Waals surface area contributed by atoms with Crippen LogP contribution in [0.25, 0.3) is 0 Å². The average molecular weight is 619 g/mol. The van der Waals surface area contributed by atoms with Gasteiger partial charge in [-0.3, -0.25) is 14.9 Å². The smallest absolute Gasteiger partial charge is 0.412 e. The zero-order valence-corrected chi connectivity index (χ0v) is 27.2. The van der Waals surface area contributed by atoms with Gasteiger partial charge in [0, 0.05) is 18.4 Å². The van der Waals surface area contributed by atoms with E-state index in [1.54, 1.807) is 40.0 Å². The normalized spacial score (nSPS) is 19.0. The van der Waals surface area contributed by atoms with Gasteiger partial charge in [-0.05, 0) is 68.9 Å². The molecule has 1 aliphatic carbocycles. The number of benzene rings is 1. The number of aliphatic carboxylic acids is 1. The molecule has 1 aromatic carbocycles. The molecule has 0 heterocycles. The summed E-state index contributed by atoms with van der Waals surface area (Å²) in [4.78, 5) is 36.7. The quantitative estimate of drug-likeness (QED) is 0.114. The van der Waals surface area contributed by atoms with Crippen molar-refractivity contribution in [3.63, 3.8) is 0 Å². The first-order chi connectivity index (χ1) is 20.8. The molecule has 1 saturated carbocycles. The Hall–Kier alpha value is -3.99. The van der Waals surface area contributed by atoms with Crippen molar-refractivity contribution in [3.05, 3.63) is 81.9 Å². The molecule has 2 amide bonds. The number of carboxylic acids is 1. The average Bonchev–Trinajstić information content (AvgIpc) is 3.57. The van der Waals surface area contributed by atoms with Crippen molar-refractivity contribution in [3.8, 4) is 0 Å². The summed E-state index contributed by atoms with van der Waals surface area (Å²) in [5.74, 6) is -10.4. The zero-order chi connectivity index (χ0) is 33.6. The third-order valence-electron chi connectivity index (χ3n) is 6.90. The van der Waals surface area contributed by atoms with Crippen LogP contribution in [0.3, 0.4) is 0 Å². The largest absolute Gasteiger partial charge is 0.481 e. The molecule has 244 valence electrons. The molecule has 11 heteroatoms. The number of aryl methyl sites for hydroxylation is 1. The van der Waals surface area contributed by atoms with Crippen molar-refractivity contribution >= 4 is 18.0 Å². The van der Waals surface area contributed by atoms with E-state index in [9.17, 15) is 23.2 Å². The Labute approximate surface area is 259 Å². The summed E-state index contributed by atoms with van der Waals surface area (Å²) >= 11 is 0. The molecule has 1 fully saturated rings. The Kier molecular flexibility index (Phi) is 15.5. The lowest BCUT2D eigenvalue weighted by Gasteiger charge is -2.20. The van der Waals surface area contributed by atoms with E-state index in [1.807, 2.05) is 65.0 Å². The van der Waals surface area contributed by atoms with E-state index in [0.29, 0.717) is 41.8 Å². The van der Waals surface area contributed by atoms with E-state index >= 15 is 0 Å². The van der Waals surface area contributed by atoms with Gasteiger partial charge < -0.3 is 20.6 Å². The van der Waals surface area contributed by atoms with Crippen LogP contribution in [0.4, 0.5) is 13.6 Å². The minimum Gasteiger partial charge on any atom is -0.481 e. The van der Waals surface area contributed by atoms with Crippen LogP contribution in [-0.2, 0) is 14.3 Å². The van der Waals surface area contributed by atoms with E-state index in [2.05, 4.69) is 21.5 Å². The number of hydrogen-bond acceptors (Lipinski definition) is 6. The number of hydrazine groups is 1. The van der Waals surface area contributed by atoms with Gasteiger partial charge in [0.15, 0.2) is 0 Å². The summed E-state index contributed by atoms with van der Waals surface area (Å²) in [5.41, 5.74) is 10.4. The maximum absolute atomic E-state index is 14.0. The highest BCUT2D eigenvalue weighted by Gasteiger charge is 2.76. The lowest BCUT2D eigenvalue weighted by molar-refractivity contribution is -0.141. The predicted octanol–water partition coefficient (Wildman–Crippen LogP) is 6.81. The van der Waals surface area contributed by atoms with Crippen molar-refractivity contribution in [2.75, 3.05) is 7.05 Å². The molecule has 1 aromatic rings. The molecule has 44 heavy (non-hydrogen) atoms. The van der Waals surface area contributed by atoms with Crippen LogP contribution in [0.5, 0.6) is 0 Å². The fraction of sp³-hybridized carbons (Fsp3) is 0.485. The highest BCUT2D eigenvalue weighted by molar-refractivity contribution is 5.93. The molecule has 0 spiro atoms. The summed E-state index contributed by atoms with van der Waals surface area (Å²) in [6.45, 7) is 15.1. The number of allylic oxidation sites excluding steroid dienone is 6. The topological polar surface area (TPSA) is 129 Å². The number of carboxylic acid groups (broad SMARTS) is 1. The van der Waals surface area contributed by atoms with E-state index in [4.69, 9.17) is 9.84 Å². The van der Waals surface area contributed by atoms with Gasteiger partial charge >= 0.3 is 12.1 Å². The molecule has 0 aromatic heterocycles. The van der Waals surface area contributed by atoms with E-state index in [0.717, 1.165) is 11.1 Å². The fourth-order valence-corrected chi connectivity index (χ4v) is 4.61. The molecular formula is C33H48F2N4O5. The summed E-state index contributed by atoms with van der Waals surface area (Å²) < 4.78 is 33.6. The SMILES string of the molecule is CC.CC/C=C(C)/C(=C\C=C(C)\C(NNC)=C(\CCC)NC(=O)OC(C)c1ccccc1C)NC(=O)C1C(C(=O)O)C1(F)F. The molecule has 5 N–H and O–H groups in total. The minimum atomic E-state index is -3.60. The maximum Gasteiger partial charge on any atom is 0.412 e. The second-order valence-electron chi connectivity index (χ2n) is 10.2. The predicted molar refractivity (Wildman–Crippen MR) is 168 cm³/mol. The zero-order valence-electron chi connectivity index (χ0n) is 27.2. The standard InChI is InChI=1S/C31H42F2N4O5.C2H6/c1-8-12-19(4)23(35-28(38)25-26(29(39)40)31(25,32)33)17-16-20(5)27(37-34-7)24(13-9-2)36-30(41)42-21(6)22-15-11-10-14-18(22)3;1-2/h10-12,14-17,21,25-26,34,37H,8-9,13H2,1-7H3,(H,35,38)(H,36,41)(H,39,40);1-2H3/b19-12+,20-16+,23-17+,27-24+;. The number of hydrogen-bond donors (Lipinski definition) is 5. The number of halogens is 2. The summed E-state index contributed by atoms with van der Waals surface area (Å²) in [6, 6.07) is 7.65. The lowest BCUT2D eigenvalue weighted by atomic mass is 10.0. The third kappa shape index (κ3) is 10.3. The number of carbonyl (C=O) groups is 3. The van der Waals surface area contributed by atoms with Crippen LogP contribution in [0, 0.1) is 18.8 Å². The fourth-order valence-electron chi connectivity index (χ4n) is 4.61. The van der Waals surface area contributed by atoms with Gasteiger partial charge in [0.1, 0.15) is 17.9 Å². The Morgan fingerprint density at radius 3 is 2.20 bits per heavy atom. The van der Waals surface area contributed by atoms with E-state index < -0.39 is 41.8 Å². The Balaban J connectivity index is 0.00000474. The minimum absolute atomic E-state index is 0.258. The Morgan fingerprint density at radius 2 is 1.68 bits per heavy atom. The number of ether oxygens (including phenoxy) is 1. The lowest BCUT2D eigenvalue weighted by Crippen LogP contribution is -2.34. The molecule has 2 rings (SSSR count). The molecule has 0 aliphatic heterocycles. The van der Waals surface area contributed by atoms with Crippen molar-refractivity contribution in [1.82, 2.24) is 21.5 Å². The number of alkyl halides is 2. The second kappa shape index (κ2) is 18.0. The second-order valence-corrected chi connectivity index (χ2v) is 10.2.